The van der Waals surface area contributed by atoms with E-state index in [-0.39, 0.29) is 37.0 Å². The van der Waals surface area contributed by atoms with Gasteiger partial charge in [0.15, 0.2) is 0 Å². The van der Waals surface area contributed by atoms with Gasteiger partial charge in [0.05, 0.1) is 12.2 Å². The fourth-order valence-corrected chi connectivity index (χ4v) is 3.90. The Hall–Kier alpha value is 0.420. The summed E-state index contributed by atoms with van der Waals surface area (Å²) in [5, 5.41) is 25.5. The molecule has 6 rings (SSSR count). The first-order chi connectivity index (χ1) is 8.72. The van der Waals surface area contributed by atoms with E-state index < -0.39 is 0 Å². The molecule has 0 aromatic carbocycles. The molecule has 0 aromatic heterocycles. The second-order valence-electron chi connectivity index (χ2n) is 6.49. The third-order valence-corrected chi connectivity index (χ3v) is 5.25. The van der Waals surface area contributed by atoms with E-state index in [0.29, 0.717) is 23.9 Å². The number of halogens is 2. The third-order valence-electron chi connectivity index (χ3n) is 5.25. The number of aliphatic hydroxyl groups excluding tert-OH is 2. The molecule has 2 aliphatic carbocycles. The minimum atomic E-state index is 0. The summed E-state index contributed by atoms with van der Waals surface area (Å²) in [7, 11) is 0. The predicted molar refractivity (Wildman–Crippen MR) is 84.8 cm³/mol. The maximum Gasteiger partial charge on any atom is 0.0595 e. The molecule has 6 atom stereocenters. The second kappa shape index (κ2) is 8.16. The molecule has 20 heavy (non-hydrogen) atoms. The maximum absolute atomic E-state index is 9.36. The Labute approximate surface area is 133 Å². The van der Waals surface area contributed by atoms with Gasteiger partial charge in [-0.2, -0.15) is 0 Å². The standard InChI is InChI=1S/2C7H13NO.2ClH/c2*9-7-3-6-2-1-5(7)4-8-6;;/h2*5-9H,1-4H2;2*1H/t2*5-,6-,7-;;/m10../s1. The highest BCUT2D eigenvalue weighted by molar-refractivity contribution is 5.85. The van der Waals surface area contributed by atoms with E-state index in [1.54, 1.807) is 0 Å². The van der Waals surface area contributed by atoms with E-state index in [2.05, 4.69) is 10.6 Å². The molecule has 0 amide bonds. The molecule has 0 radical (unpaired) electrons. The van der Waals surface area contributed by atoms with Gasteiger partial charge < -0.3 is 20.8 Å². The van der Waals surface area contributed by atoms with Gasteiger partial charge in [-0.15, -0.1) is 24.8 Å². The van der Waals surface area contributed by atoms with Crippen molar-refractivity contribution >= 4 is 24.8 Å². The van der Waals surface area contributed by atoms with Crippen molar-refractivity contribution in [1.82, 2.24) is 10.6 Å². The van der Waals surface area contributed by atoms with Crippen LogP contribution in [-0.2, 0) is 0 Å². The molecule has 4 N–H and O–H groups in total. The van der Waals surface area contributed by atoms with Crippen molar-refractivity contribution in [1.29, 1.82) is 0 Å². The molecule has 0 spiro atoms. The largest absolute Gasteiger partial charge is 0.393 e. The fourth-order valence-electron chi connectivity index (χ4n) is 3.90. The molecule has 4 saturated heterocycles. The average molecular weight is 327 g/mol. The molecule has 0 aromatic rings. The molecule has 120 valence electrons. The SMILES string of the molecule is Cl.Cl.O[C@@H]1C[C@H]2CC[C@@H]1CN2.O[C@H]1C[C@@H]2CC[C@H]1CN2. The number of piperidine rings is 4. The van der Waals surface area contributed by atoms with Crippen LogP contribution >= 0.6 is 24.8 Å². The van der Waals surface area contributed by atoms with Crippen molar-refractivity contribution in [2.75, 3.05) is 13.1 Å². The molecule has 6 aliphatic rings. The molecule has 4 bridgehead atoms. The zero-order valence-electron chi connectivity index (χ0n) is 11.8. The van der Waals surface area contributed by atoms with Gasteiger partial charge in [-0.3, -0.25) is 0 Å². The van der Waals surface area contributed by atoms with Gasteiger partial charge in [0.2, 0.25) is 0 Å². The number of aliphatic hydroxyl groups is 2. The van der Waals surface area contributed by atoms with Gasteiger partial charge in [-0.1, -0.05) is 0 Å². The molecule has 4 heterocycles. The first kappa shape index (κ1) is 18.5. The summed E-state index contributed by atoms with van der Waals surface area (Å²) in [5.41, 5.74) is 0. The molecular weight excluding hydrogens is 299 g/mol. The quantitative estimate of drug-likeness (QED) is 0.538. The van der Waals surface area contributed by atoms with Crippen molar-refractivity contribution in [3.63, 3.8) is 0 Å². The maximum atomic E-state index is 9.36. The summed E-state index contributed by atoms with van der Waals surface area (Å²) in [6, 6.07) is 1.26. The first-order valence-corrected chi connectivity index (χ1v) is 7.55. The molecule has 2 saturated carbocycles. The highest BCUT2D eigenvalue weighted by atomic mass is 35.5. The van der Waals surface area contributed by atoms with Crippen molar-refractivity contribution in [3.8, 4) is 0 Å². The second-order valence-corrected chi connectivity index (χ2v) is 6.49. The molecule has 6 fully saturated rings. The molecule has 4 nitrogen and oxygen atoms in total. The highest BCUT2D eigenvalue weighted by Gasteiger charge is 2.34. The van der Waals surface area contributed by atoms with Crippen LogP contribution in [0.2, 0.25) is 0 Å². The minimum Gasteiger partial charge on any atom is -0.393 e. The lowest BCUT2D eigenvalue weighted by Crippen LogP contribution is -2.51. The molecule has 0 unspecified atom stereocenters. The third kappa shape index (κ3) is 4.21. The molecular formula is C14H28Cl2N2O2. The summed E-state index contributed by atoms with van der Waals surface area (Å²) >= 11 is 0. The van der Waals surface area contributed by atoms with Gasteiger partial charge in [-0.05, 0) is 50.4 Å². The zero-order chi connectivity index (χ0) is 12.5. The van der Waals surface area contributed by atoms with Crippen molar-refractivity contribution < 1.29 is 10.2 Å². The van der Waals surface area contributed by atoms with E-state index >= 15 is 0 Å². The molecule has 6 heteroatoms. The van der Waals surface area contributed by atoms with Crippen LogP contribution in [0.25, 0.3) is 0 Å². The van der Waals surface area contributed by atoms with Gasteiger partial charge in [0.1, 0.15) is 0 Å². The lowest BCUT2D eigenvalue weighted by atomic mass is 9.79. The van der Waals surface area contributed by atoms with E-state index in [1.807, 2.05) is 0 Å². The fraction of sp³-hybridized carbons (Fsp3) is 1.00. The normalized spacial score (nSPS) is 44.7. The summed E-state index contributed by atoms with van der Waals surface area (Å²) in [6.07, 6.45) is 7.02. The van der Waals surface area contributed by atoms with Gasteiger partial charge >= 0.3 is 0 Å². The van der Waals surface area contributed by atoms with Crippen LogP contribution in [-0.4, -0.2) is 47.6 Å². The van der Waals surface area contributed by atoms with E-state index in [4.69, 9.17) is 0 Å². The Balaban J connectivity index is 0.000000182. The first-order valence-electron chi connectivity index (χ1n) is 7.55. The number of nitrogens with one attached hydrogen (secondary N) is 2. The number of hydrogen-bond donors (Lipinski definition) is 4. The van der Waals surface area contributed by atoms with Crippen molar-refractivity contribution in [2.24, 2.45) is 11.8 Å². The Morgan fingerprint density at radius 2 is 1.05 bits per heavy atom. The summed E-state index contributed by atoms with van der Waals surface area (Å²) in [5.74, 6) is 1.13. The van der Waals surface area contributed by atoms with Crippen LogP contribution in [0.1, 0.15) is 38.5 Å². The van der Waals surface area contributed by atoms with Gasteiger partial charge in [-0.25, -0.2) is 0 Å². The van der Waals surface area contributed by atoms with Crippen molar-refractivity contribution in [2.45, 2.75) is 62.8 Å². The Bertz CT molecular complexity index is 252. The van der Waals surface area contributed by atoms with Gasteiger partial charge in [0, 0.05) is 25.2 Å². The average Bonchev–Trinajstić information content (AvgIpc) is 2.41. The lowest BCUT2D eigenvalue weighted by Gasteiger charge is -2.40. The number of fused-ring (bicyclic) bond motifs is 6. The van der Waals surface area contributed by atoms with Crippen LogP contribution in [0.5, 0.6) is 0 Å². The topological polar surface area (TPSA) is 64.5 Å². The number of rotatable bonds is 0. The highest BCUT2D eigenvalue weighted by Crippen LogP contribution is 2.29. The van der Waals surface area contributed by atoms with Crippen LogP contribution in [0, 0.1) is 11.8 Å². The van der Waals surface area contributed by atoms with Gasteiger partial charge in [0.25, 0.3) is 0 Å². The Morgan fingerprint density at radius 3 is 1.15 bits per heavy atom. The molecule has 4 aliphatic heterocycles. The van der Waals surface area contributed by atoms with Crippen LogP contribution in [0.4, 0.5) is 0 Å². The number of hydrogen-bond acceptors (Lipinski definition) is 4. The van der Waals surface area contributed by atoms with E-state index in [1.165, 1.54) is 25.7 Å². The summed E-state index contributed by atoms with van der Waals surface area (Å²) in [4.78, 5) is 0. The Kier molecular flexibility index (Phi) is 7.53. The Morgan fingerprint density at radius 1 is 0.650 bits per heavy atom. The smallest absolute Gasteiger partial charge is 0.0595 e. The zero-order valence-corrected chi connectivity index (χ0v) is 13.5. The predicted octanol–water partition coefficient (Wildman–Crippen LogP) is 1.08. The van der Waals surface area contributed by atoms with E-state index in [0.717, 1.165) is 25.9 Å². The van der Waals surface area contributed by atoms with Crippen LogP contribution in [0.15, 0.2) is 0 Å². The van der Waals surface area contributed by atoms with E-state index in [9.17, 15) is 10.2 Å². The lowest BCUT2D eigenvalue weighted by molar-refractivity contribution is 0.0225. The van der Waals surface area contributed by atoms with Crippen LogP contribution in [0.3, 0.4) is 0 Å². The van der Waals surface area contributed by atoms with Crippen LogP contribution < -0.4 is 10.6 Å². The minimum absolute atomic E-state index is 0. The summed E-state index contributed by atoms with van der Waals surface area (Å²) < 4.78 is 0. The summed E-state index contributed by atoms with van der Waals surface area (Å²) in [6.45, 7) is 2.09. The van der Waals surface area contributed by atoms with Crippen molar-refractivity contribution in [3.05, 3.63) is 0 Å². The monoisotopic (exact) mass is 326 g/mol.